The molecule has 0 aliphatic carbocycles. The van der Waals surface area contributed by atoms with E-state index in [1.807, 2.05) is 36.4 Å². The molecule has 0 amide bonds. The quantitative estimate of drug-likeness (QED) is 0.280. The van der Waals surface area contributed by atoms with Crippen LogP contribution in [0.4, 0.5) is 0 Å². The lowest BCUT2D eigenvalue weighted by Gasteiger charge is -2.01. The number of carbonyl (C=O) groups is 1. The summed E-state index contributed by atoms with van der Waals surface area (Å²) in [6.07, 6.45) is 5.97. The van der Waals surface area contributed by atoms with E-state index in [-0.39, 0.29) is 11.7 Å². The van der Waals surface area contributed by atoms with E-state index in [1.165, 1.54) is 5.56 Å². The number of nitrogens with zero attached hydrogens (tertiary/aromatic N) is 3. The highest BCUT2D eigenvalue weighted by atomic mass is 16.4. The minimum absolute atomic E-state index is 0.0965. The molecule has 2 aromatic carbocycles. The molecule has 0 unspecified atom stereocenters. The molecular formula is C25H21N3O2. The predicted molar refractivity (Wildman–Crippen MR) is 115 cm³/mol. The molecule has 0 bridgehead atoms. The number of hydrogen-bond donors (Lipinski definition) is 0. The minimum atomic E-state index is -0.0965. The summed E-state index contributed by atoms with van der Waals surface area (Å²) in [6.45, 7) is 0. The molecule has 2 heterocycles. The molecule has 5 nitrogen and oxygen atoms in total. The van der Waals surface area contributed by atoms with Gasteiger partial charge in [-0.2, -0.15) is 10.2 Å². The van der Waals surface area contributed by atoms with Crippen molar-refractivity contribution in [2.75, 3.05) is 0 Å². The number of pyridine rings is 1. The standard InChI is InChI=1S/C25H21N3O2/c26-16-19-11-7-12-20(14-19)21-15-23-24(27-17-21)28-25(30-23)22(29)13-6-2-5-10-18-8-3-1-4-9-18/h1,3-4,7-9,11-12,14-15,17H,2,5-6,10,13H2. The van der Waals surface area contributed by atoms with E-state index in [0.29, 0.717) is 23.2 Å². The van der Waals surface area contributed by atoms with Crippen LogP contribution in [-0.4, -0.2) is 15.8 Å². The third-order valence-electron chi connectivity index (χ3n) is 5.02. The van der Waals surface area contributed by atoms with E-state index in [2.05, 4.69) is 28.2 Å². The molecule has 4 rings (SSSR count). The maximum Gasteiger partial charge on any atom is 0.265 e. The molecule has 148 valence electrons. The van der Waals surface area contributed by atoms with Crippen LogP contribution >= 0.6 is 0 Å². The molecule has 0 radical (unpaired) electrons. The van der Waals surface area contributed by atoms with Gasteiger partial charge in [-0.1, -0.05) is 48.9 Å². The number of Topliss-reactive ketones (excluding diaryl/α,β-unsaturated/α-hetero) is 1. The van der Waals surface area contributed by atoms with Gasteiger partial charge in [0, 0.05) is 18.2 Å². The molecule has 0 aliphatic heterocycles. The van der Waals surface area contributed by atoms with Gasteiger partial charge in [0.25, 0.3) is 5.89 Å². The van der Waals surface area contributed by atoms with Crippen LogP contribution in [0.25, 0.3) is 22.4 Å². The molecule has 0 saturated heterocycles. The van der Waals surface area contributed by atoms with Crippen LogP contribution in [0.1, 0.15) is 47.5 Å². The van der Waals surface area contributed by atoms with Gasteiger partial charge in [0.05, 0.1) is 11.6 Å². The van der Waals surface area contributed by atoms with Crippen molar-refractivity contribution >= 4 is 17.0 Å². The van der Waals surface area contributed by atoms with Crippen molar-refractivity contribution in [2.45, 2.75) is 32.1 Å². The monoisotopic (exact) mass is 395 g/mol. The average Bonchev–Trinajstić information content (AvgIpc) is 3.23. The van der Waals surface area contributed by atoms with E-state index in [4.69, 9.17) is 9.68 Å². The van der Waals surface area contributed by atoms with Crippen LogP contribution in [0.5, 0.6) is 0 Å². The van der Waals surface area contributed by atoms with Crippen LogP contribution < -0.4 is 0 Å². The zero-order valence-corrected chi connectivity index (χ0v) is 16.5. The van der Waals surface area contributed by atoms with Crippen molar-refractivity contribution in [2.24, 2.45) is 0 Å². The van der Waals surface area contributed by atoms with Gasteiger partial charge in [-0.25, -0.2) is 4.98 Å². The highest BCUT2D eigenvalue weighted by molar-refractivity contribution is 5.93. The zero-order chi connectivity index (χ0) is 20.8. The molecule has 0 saturated carbocycles. The second kappa shape index (κ2) is 9.15. The highest BCUT2D eigenvalue weighted by Crippen LogP contribution is 2.24. The first kappa shape index (κ1) is 19.5. The van der Waals surface area contributed by atoms with E-state index < -0.39 is 0 Å². The molecule has 0 atom stereocenters. The maximum absolute atomic E-state index is 12.5. The van der Waals surface area contributed by atoms with Gasteiger partial charge in [-0.15, -0.1) is 0 Å². The van der Waals surface area contributed by atoms with E-state index in [0.717, 1.165) is 36.8 Å². The summed E-state index contributed by atoms with van der Waals surface area (Å²) in [7, 11) is 0. The van der Waals surface area contributed by atoms with Gasteiger partial charge in [0.2, 0.25) is 5.78 Å². The first-order chi connectivity index (χ1) is 14.7. The molecule has 2 aromatic heterocycles. The Morgan fingerprint density at radius 3 is 2.67 bits per heavy atom. The third kappa shape index (κ3) is 4.61. The number of benzene rings is 2. The highest BCUT2D eigenvalue weighted by Gasteiger charge is 2.15. The fourth-order valence-corrected chi connectivity index (χ4v) is 3.41. The number of hydrogen-bond acceptors (Lipinski definition) is 5. The van der Waals surface area contributed by atoms with Crippen LogP contribution in [-0.2, 0) is 6.42 Å². The zero-order valence-electron chi connectivity index (χ0n) is 16.5. The first-order valence-electron chi connectivity index (χ1n) is 10.1. The Hall–Kier alpha value is -3.78. The molecule has 0 fully saturated rings. The fraction of sp³-hybridized carbons (Fsp3) is 0.200. The molecular weight excluding hydrogens is 374 g/mol. The molecule has 0 aliphatic rings. The van der Waals surface area contributed by atoms with Crippen molar-refractivity contribution in [1.29, 1.82) is 5.26 Å². The fourth-order valence-electron chi connectivity index (χ4n) is 3.41. The van der Waals surface area contributed by atoms with Gasteiger partial charge < -0.3 is 4.42 Å². The molecule has 4 aromatic rings. The Kier molecular flexibility index (Phi) is 5.95. The Morgan fingerprint density at radius 1 is 0.967 bits per heavy atom. The van der Waals surface area contributed by atoms with E-state index in [9.17, 15) is 4.79 Å². The summed E-state index contributed by atoms with van der Waals surface area (Å²) < 4.78 is 5.69. The first-order valence-corrected chi connectivity index (χ1v) is 10.1. The molecule has 0 N–H and O–H groups in total. The van der Waals surface area contributed by atoms with Gasteiger partial charge in [0.15, 0.2) is 11.2 Å². The van der Waals surface area contributed by atoms with Gasteiger partial charge in [-0.05, 0) is 48.6 Å². The number of aryl methyl sites for hydroxylation is 1. The van der Waals surface area contributed by atoms with Crippen molar-refractivity contribution in [3.8, 4) is 17.2 Å². The lowest BCUT2D eigenvalue weighted by atomic mass is 10.1. The van der Waals surface area contributed by atoms with Gasteiger partial charge in [0.1, 0.15) is 0 Å². The number of carbonyl (C=O) groups excluding carboxylic acids is 1. The summed E-state index contributed by atoms with van der Waals surface area (Å²) in [6, 6.07) is 21.6. The van der Waals surface area contributed by atoms with E-state index in [1.54, 1.807) is 18.3 Å². The third-order valence-corrected chi connectivity index (χ3v) is 5.02. The van der Waals surface area contributed by atoms with Crippen molar-refractivity contribution < 1.29 is 9.21 Å². The van der Waals surface area contributed by atoms with Crippen molar-refractivity contribution in [3.05, 3.63) is 83.9 Å². The lowest BCUT2D eigenvalue weighted by molar-refractivity contribution is 0.0947. The summed E-state index contributed by atoms with van der Waals surface area (Å²) >= 11 is 0. The SMILES string of the molecule is N#Cc1cccc(-c2cnc3nc(C(=O)CCCCCc4ccccc4)oc3c2)c1. The van der Waals surface area contributed by atoms with Crippen molar-refractivity contribution in [1.82, 2.24) is 9.97 Å². The molecule has 0 spiro atoms. The number of rotatable bonds is 8. The number of oxazole rings is 1. The molecule has 30 heavy (non-hydrogen) atoms. The largest absolute Gasteiger partial charge is 0.432 e. The maximum atomic E-state index is 12.5. The van der Waals surface area contributed by atoms with E-state index >= 15 is 0 Å². The Labute approximate surface area is 175 Å². The second-order valence-electron chi connectivity index (χ2n) is 7.23. The predicted octanol–water partition coefficient (Wildman–Crippen LogP) is 5.75. The van der Waals surface area contributed by atoms with Crippen LogP contribution in [0.2, 0.25) is 0 Å². The Morgan fingerprint density at radius 2 is 1.83 bits per heavy atom. The summed E-state index contributed by atoms with van der Waals surface area (Å²) in [5, 5.41) is 9.08. The summed E-state index contributed by atoms with van der Waals surface area (Å²) in [4.78, 5) is 21.0. The Bertz CT molecular complexity index is 1210. The number of aromatic nitrogens is 2. The lowest BCUT2D eigenvalue weighted by Crippen LogP contribution is -1.99. The number of unbranched alkanes of at least 4 members (excludes halogenated alkanes) is 2. The van der Waals surface area contributed by atoms with Gasteiger partial charge >= 0.3 is 0 Å². The topological polar surface area (TPSA) is 79.8 Å². The number of ketones is 1. The minimum Gasteiger partial charge on any atom is -0.432 e. The number of fused-ring (bicyclic) bond motifs is 1. The Balaban J connectivity index is 1.37. The average molecular weight is 395 g/mol. The van der Waals surface area contributed by atoms with Crippen LogP contribution in [0, 0.1) is 11.3 Å². The normalized spacial score (nSPS) is 10.8. The second-order valence-corrected chi connectivity index (χ2v) is 7.23. The molecule has 5 heteroatoms. The van der Waals surface area contributed by atoms with Crippen LogP contribution in [0.15, 0.2) is 71.3 Å². The van der Waals surface area contributed by atoms with Crippen LogP contribution in [0.3, 0.4) is 0 Å². The van der Waals surface area contributed by atoms with Gasteiger partial charge in [-0.3, -0.25) is 4.79 Å². The van der Waals surface area contributed by atoms with Crippen molar-refractivity contribution in [3.63, 3.8) is 0 Å². The number of nitriles is 1. The smallest absolute Gasteiger partial charge is 0.265 e. The summed E-state index contributed by atoms with van der Waals surface area (Å²) in [5.74, 6) is 0.0178. The summed E-state index contributed by atoms with van der Waals surface area (Å²) in [5.41, 5.74) is 4.48.